The lowest BCUT2D eigenvalue weighted by atomic mass is 10.1. The number of carbonyl (C=O) groups is 1. The van der Waals surface area contributed by atoms with E-state index in [0.29, 0.717) is 11.5 Å². The SMILES string of the molecule is COc1ccccc1OC(C)(C)C(=O)N1CCO[C@H](C(F)(F)F)C1. The molecule has 1 aliphatic heterocycles. The third-order valence-electron chi connectivity index (χ3n) is 3.67. The van der Waals surface area contributed by atoms with E-state index in [0.717, 1.165) is 4.90 Å². The van der Waals surface area contributed by atoms with Crippen LogP contribution in [0.4, 0.5) is 13.2 Å². The normalized spacial score (nSPS) is 19.1. The van der Waals surface area contributed by atoms with Crippen molar-refractivity contribution < 1.29 is 32.2 Å². The number of ether oxygens (including phenoxy) is 3. The number of morpholine rings is 1. The molecule has 1 heterocycles. The van der Waals surface area contributed by atoms with Gasteiger partial charge in [0.25, 0.3) is 5.91 Å². The van der Waals surface area contributed by atoms with Crippen LogP contribution in [0.3, 0.4) is 0 Å². The first-order valence-corrected chi connectivity index (χ1v) is 7.45. The summed E-state index contributed by atoms with van der Waals surface area (Å²) in [6.07, 6.45) is -6.48. The minimum atomic E-state index is -4.51. The third-order valence-corrected chi connectivity index (χ3v) is 3.67. The van der Waals surface area contributed by atoms with Gasteiger partial charge in [-0.05, 0) is 26.0 Å². The summed E-state index contributed by atoms with van der Waals surface area (Å²) >= 11 is 0. The molecule has 1 amide bonds. The van der Waals surface area contributed by atoms with Crippen LogP contribution in [0.5, 0.6) is 11.5 Å². The van der Waals surface area contributed by atoms with Crippen molar-refractivity contribution in [3.05, 3.63) is 24.3 Å². The van der Waals surface area contributed by atoms with Gasteiger partial charge >= 0.3 is 6.18 Å². The molecule has 24 heavy (non-hydrogen) atoms. The second kappa shape index (κ2) is 6.88. The van der Waals surface area contributed by atoms with Gasteiger partial charge in [-0.1, -0.05) is 12.1 Å². The molecular weight excluding hydrogens is 327 g/mol. The zero-order valence-corrected chi connectivity index (χ0v) is 13.7. The lowest BCUT2D eigenvalue weighted by Gasteiger charge is -2.38. The molecule has 0 spiro atoms. The van der Waals surface area contributed by atoms with Crippen LogP contribution in [-0.4, -0.2) is 55.5 Å². The summed E-state index contributed by atoms with van der Waals surface area (Å²) in [5, 5.41) is 0. The molecule has 5 nitrogen and oxygen atoms in total. The number of halogens is 3. The number of alkyl halides is 3. The molecule has 8 heteroatoms. The maximum Gasteiger partial charge on any atom is 0.416 e. The first-order valence-electron chi connectivity index (χ1n) is 7.45. The van der Waals surface area contributed by atoms with Crippen molar-refractivity contribution in [1.82, 2.24) is 4.90 Å². The number of amides is 1. The van der Waals surface area contributed by atoms with Crippen LogP contribution >= 0.6 is 0 Å². The van der Waals surface area contributed by atoms with Gasteiger partial charge in [-0.3, -0.25) is 4.79 Å². The number of hydrogen-bond donors (Lipinski definition) is 0. The van der Waals surface area contributed by atoms with E-state index in [1.807, 2.05) is 0 Å². The summed E-state index contributed by atoms with van der Waals surface area (Å²) in [4.78, 5) is 13.8. The molecule has 1 aromatic rings. The summed E-state index contributed by atoms with van der Waals surface area (Å²) < 4.78 is 54.0. The maximum absolute atomic E-state index is 12.8. The van der Waals surface area contributed by atoms with Crippen molar-refractivity contribution in [2.24, 2.45) is 0 Å². The summed E-state index contributed by atoms with van der Waals surface area (Å²) in [5.41, 5.74) is -1.35. The van der Waals surface area contributed by atoms with Crippen molar-refractivity contribution in [2.45, 2.75) is 31.7 Å². The monoisotopic (exact) mass is 347 g/mol. The molecule has 1 fully saturated rings. The van der Waals surface area contributed by atoms with Gasteiger partial charge in [0.05, 0.1) is 20.3 Å². The van der Waals surface area contributed by atoms with Gasteiger partial charge < -0.3 is 19.1 Å². The molecule has 0 aliphatic carbocycles. The predicted molar refractivity (Wildman–Crippen MR) is 80.1 cm³/mol. The van der Waals surface area contributed by atoms with Crippen LogP contribution in [0.2, 0.25) is 0 Å². The Morgan fingerprint density at radius 1 is 1.25 bits per heavy atom. The Morgan fingerprint density at radius 2 is 1.88 bits per heavy atom. The fraction of sp³-hybridized carbons (Fsp3) is 0.562. The number of methoxy groups -OCH3 is 1. The molecule has 0 unspecified atom stereocenters. The van der Waals surface area contributed by atoms with Crippen LogP contribution < -0.4 is 9.47 Å². The molecule has 1 saturated heterocycles. The van der Waals surface area contributed by atoms with Crippen LogP contribution in [0, 0.1) is 0 Å². The van der Waals surface area contributed by atoms with E-state index in [1.165, 1.54) is 21.0 Å². The Balaban J connectivity index is 2.12. The van der Waals surface area contributed by atoms with Crippen LogP contribution in [0.25, 0.3) is 0 Å². The molecule has 0 N–H and O–H groups in total. The Bertz CT molecular complexity index is 589. The second-order valence-electron chi connectivity index (χ2n) is 5.92. The van der Waals surface area contributed by atoms with Gasteiger partial charge in [-0.2, -0.15) is 13.2 Å². The minimum absolute atomic E-state index is 0.0874. The second-order valence-corrected chi connectivity index (χ2v) is 5.92. The molecule has 0 bridgehead atoms. The highest BCUT2D eigenvalue weighted by molar-refractivity contribution is 5.85. The predicted octanol–water partition coefficient (Wildman–Crippen LogP) is 2.64. The fourth-order valence-electron chi connectivity index (χ4n) is 2.43. The average Bonchev–Trinajstić information content (AvgIpc) is 2.53. The number of nitrogens with zero attached hydrogens (tertiary/aromatic N) is 1. The van der Waals surface area contributed by atoms with E-state index in [-0.39, 0.29) is 13.2 Å². The Kier molecular flexibility index (Phi) is 5.27. The van der Waals surface area contributed by atoms with E-state index >= 15 is 0 Å². The molecule has 1 aromatic carbocycles. The summed E-state index contributed by atoms with van der Waals surface area (Å²) in [6.45, 7) is 2.41. The van der Waals surface area contributed by atoms with Crippen molar-refractivity contribution in [3.8, 4) is 11.5 Å². The van der Waals surface area contributed by atoms with Crippen LogP contribution in [0.1, 0.15) is 13.8 Å². The van der Waals surface area contributed by atoms with Gasteiger partial charge in [-0.15, -0.1) is 0 Å². The van der Waals surface area contributed by atoms with Crippen molar-refractivity contribution in [2.75, 3.05) is 26.8 Å². The first kappa shape index (κ1) is 18.4. The summed E-state index contributed by atoms with van der Waals surface area (Å²) in [6, 6.07) is 6.76. The maximum atomic E-state index is 12.8. The standard InChI is InChI=1S/C16H20F3NO4/c1-15(2,24-12-7-5-4-6-11(12)22-3)14(21)20-8-9-23-13(10-20)16(17,18)19/h4-7,13H,8-10H2,1-3H3/t13-/m0/s1. The van der Waals surface area contributed by atoms with Gasteiger partial charge in [0.2, 0.25) is 0 Å². The zero-order valence-electron chi connectivity index (χ0n) is 13.7. The van der Waals surface area contributed by atoms with Crippen molar-refractivity contribution in [1.29, 1.82) is 0 Å². The highest BCUT2D eigenvalue weighted by Gasteiger charge is 2.46. The molecule has 0 radical (unpaired) electrons. The summed E-state index contributed by atoms with van der Waals surface area (Å²) in [7, 11) is 1.47. The van der Waals surface area contributed by atoms with E-state index in [2.05, 4.69) is 0 Å². The lowest BCUT2D eigenvalue weighted by molar-refractivity contribution is -0.237. The number of para-hydroxylation sites is 2. The van der Waals surface area contributed by atoms with E-state index in [4.69, 9.17) is 14.2 Å². The topological polar surface area (TPSA) is 48.0 Å². The van der Waals surface area contributed by atoms with Gasteiger partial charge in [0, 0.05) is 6.54 Å². The van der Waals surface area contributed by atoms with Gasteiger partial charge in [-0.25, -0.2) is 0 Å². The largest absolute Gasteiger partial charge is 0.493 e. The number of rotatable bonds is 4. The minimum Gasteiger partial charge on any atom is -0.493 e. The van der Waals surface area contributed by atoms with Crippen molar-refractivity contribution >= 4 is 5.91 Å². The Labute approximate surface area is 138 Å². The molecule has 1 aliphatic rings. The number of carbonyl (C=O) groups excluding carboxylic acids is 1. The van der Waals surface area contributed by atoms with Crippen molar-refractivity contribution in [3.63, 3.8) is 0 Å². The molecule has 0 saturated carbocycles. The van der Waals surface area contributed by atoms with E-state index in [9.17, 15) is 18.0 Å². The van der Waals surface area contributed by atoms with Gasteiger partial charge in [0.1, 0.15) is 0 Å². The lowest BCUT2D eigenvalue weighted by Crippen LogP contribution is -2.57. The molecular formula is C16H20F3NO4. The quantitative estimate of drug-likeness (QED) is 0.840. The highest BCUT2D eigenvalue weighted by atomic mass is 19.4. The Hall–Kier alpha value is -1.96. The van der Waals surface area contributed by atoms with E-state index < -0.39 is 30.3 Å². The Morgan fingerprint density at radius 3 is 2.46 bits per heavy atom. The third kappa shape index (κ3) is 4.11. The molecule has 2 rings (SSSR count). The molecule has 134 valence electrons. The number of benzene rings is 1. The smallest absolute Gasteiger partial charge is 0.416 e. The number of hydrogen-bond acceptors (Lipinski definition) is 4. The molecule has 1 atom stereocenters. The van der Waals surface area contributed by atoms with Crippen LogP contribution in [-0.2, 0) is 9.53 Å². The fourth-order valence-corrected chi connectivity index (χ4v) is 2.43. The summed E-state index contributed by atoms with van der Waals surface area (Å²) in [5.74, 6) is 0.249. The first-order chi connectivity index (χ1) is 11.1. The van der Waals surface area contributed by atoms with E-state index in [1.54, 1.807) is 24.3 Å². The zero-order chi connectivity index (χ0) is 18.0. The average molecular weight is 347 g/mol. The molecule has 0 aromatic heterocycles. The van der Waals surface area contributed by atoms with Crippen LogP contribution in [0.15, 0.2) is 24.3 Å². The highest BCUT2D eigenvalue weighted by Crippen LogP contribution is 2.31. The van der Waals surface area contributed by atoms with Gasteiger partial charge in [0.15, 0.2) is 23.2 Å².